The van der Waals surface area contributed by atoms with Gasteiger partial charge in [0.25, 0.3) is 0 Å². The maximum Gasteiger partial charge on any atom is 0.137 e. The Hall–Kier alpha value is -0.800. The van der Waals surface area contributed by atoms with Gasteiger partial charge in [0.05, 0.1) is 12.1 Å². The molecule has 1 fully saturated rings. The van der Waals surface area contributed by atoms with Crippen LogP contribution in [0.25, 0.3) is 0 Å². The average molecular weight is 230 g/mol. The van der Waals surface area contributed by atoms with Gasteiger partial charge in [-0.05, 0) is 25.1 Å². The Kier molecular flexibility index (Phi) is 3.12. The molecule has 1 heterocycles. The number of rotatable bonds is 2. The smallest absolute Gasteiger partial charge is 0.137 e. The van der Waals surface area contributed by atoms with Crippen molar-refractivity contribution in [2.45, 2.75) is 12.3 Å². The fourth-order valence-corrected chi connectivity index (χ4v) is 2.37. The molecule has 82 valence electrons. The molecule has 1 N–H and O–H groups in total. The molecule has 1 atom stereocenters. The summed E-state index contributed by atoms with van der Waals surface area (Å²) in [6, 6.07) is 2.97. The van der Waals surface area contributed by atoms with Gasteiger partial charge in [-0.1, -0.05) is 11.6 Å². The van der Waals surface area contributed by atoms with E-state index in [1.165, 1.54) is 13.2 Å². The second-order valence-electron chi connectivity index (χ2n) is 3.67. The van der Waals surface area contributed by atoms with Gasteiger partial charge in [0.15, 0.2) is 0 Å². The van der Waals surface area contributed by atoms with Crippen molar-refractivity contribution in [3.63, 3.8) is 0 Å². The molecule has 1 aliphatic heterocycles. The molecule has 2 rings (SSSR count). The minimum atomic E-state index is -0.241. The number of nitrogens with one attached hydrogen (secondary N) is 1. The van der Waals surface area contributed by atoms with E-state index in [9.17, 15) is 4.39 Å². The highest BCUT2D eigenvalue weighted by Crippen LogP contribution is 2.36. The second-order valence-corrected chi connectivity index (χ2v) is 4.04. The first kappa shape index (κ1) is 10.7. The van der Waals surface area contributed by atoms with E-state index in [-0.39, 0.29) is 11.7 Å². The van der Waals surface area contributed by atoms with Crippen LogP contribution in [0.5, 0.6) is 5.75 Å². The highest BCUT2D eigenvalue weighted by Gasteiger charge is 2.24. The lowest BCUT2D eigenvalue weighted by Gasteiger charge is -2.14. The zero-order valence-electron chi connectivity index (χ0n) is 8.52. The van der Waals surface area contributed by atoms with Gasteiger partial charge in [-0.15, -0.1) is 0 Å². The summed E-state index contributed by atoms with van der Waals surface area (Å²) >= 11 is 6.10. The summed E-state index contributed by atoms with van der Waals surface area (Å²) in [5.74, 6) is 0.460. The van der Waals surface area contributed by atoms with E-state index in [1.54, 1.807) is 6.07 Å². The minimum absolute atomic E-state index is 0.160. The predicted molar refractivity (Wildman–Crippen MR) is 58.2 cm³/mol. The Morgan fingerprint density at radius 2 is 2.33 bits per heavy atom. The molecule has 0 spiro atoms. The monoisotopic (exact) mass is 229 g/mol. The molecule has 1 unspecified atom stereocenters. The lowest BCUT2D eigenvalue weighted by atomic mass is 9.97. The minimum Gasteiger partial charge on any atom is -0.495 e. The number of ether oxygens (including phenoxy) is 1. The van der Waals surface area contributed by atoms with Crippen LogP contribution >= 0.6 is 11.6 Å². The summed E-state index contributed by atoms with van der Waals surface area (Å²) in [6.45, 7) is 1.70. The van der Waals surface area contributed by atoms with Crippen molar-refractivity contribution in [2.24, 2.45) is 0 Å². The van der Waals surface area contributed by atoms with Gasteiger partial charge in [-0.25, -0.2) is 4.39 Å². The summed E-state index contributed by atoms with van der Waals surface area (Å²) in [7, 11) is 1.54. The maximum absolute atomic E-state index is 13.7. The molecule has 0 aromatic heterocycles. The van der Waals surface area contributed by atoms with E-state index >= 15 is 0 Å². The summed E-state index contributed by atoms with van der Waals surface area (Å²) in [6.07, 6.45) is 0.920. The van der Waals surface area contributed by atoms with E-state index in [2.05, 4.69) is 5.32 Å². The van der Waals surface area contributed by atoms with Crippen molar-refractivity contribution >= 4 is 11.6 Å². The Morgan fingerprint density at radius 1 is 1.53 bits per heavy atom. The molecular weight excluding hydrogens is 217 g/mol. The zero-order chi connectivity index (χ0) is 10.8. The molecule has 0 saturated carbocycles. The van der Waals surface area contributed by atoms with E-state index in [0.29, 0.717) is 16.3 Å². The summed E-state index contributed by atoms with van der Waals surface area (Å²) in [5.41, 5.74) is 0.584. The molecule has 15 heavy (non-hydrogen) atoms. The molecular formula is C11H13ClFNO. The molecule has 1 aromatic rings. The third kappa shape index (κ3) is 1.94. The number of hydrogen-bond donors (Lipinski definition) is 1. The van der Waals surface area contributed by atoms with E-state index < -0.39 is 0 Å². The molecule has 1 aromatic carbocycles. The second kappa shape index (κ2) is 4.37. The molecule has 0 bridgehead atoms. The van der Waals surface area contributed by atoms with Gasteiger partial charge < -0.3 is 10.1 Å². The fraction of sp³-hybridized carbons (Fsp3) is 0.455. The van der Waals surface area contributed by atoms with Gasteiger partial charge in [0.2, 0.25) is 0 Å². The molecule has 1 aliphatic rings. The van der Waals surface area contributed by atoms with Gasteiger partial charge in [-0.3, -0.25) is 0 Å². The average Bonchev–Trinajstić information content (AvgIpc) is 2.71. The number of benzene rings is 1. The number of halogens is 2. The Labute approximate surface area is 93.4 Å². The molecule has 0 amide bonds. The predicted octanol–water partition coefficient (Wildman–Crippen LogP) is 2.56. The van der Waals surface area contributed by atoms with Crippen LogP contribution in [0.15, 0.2) is 12.1 Å². The zero-order valence-corrected chi connectivity index (χ0v) is 9.27. The lowest BCUT2D eigenvalue weighted by molar-refractivity contribution is 0.412. The van der Waals surface area contributed by atoms with Crippen LogP contribution in [0.2, 0.25) is 5.02 Å². The first-order valence-corrected chi connectivity index (χ1v) is 5.34. The van der Waals surface area contributed by atoms with Crippen molar-refractivity contribution < 1.29 is 9.13 Å². The Morgan fingerprint density at radius 3 is 2.93 bits per heavy atom. The third-order valence-corrected chi connectivity index (χ3v) is 3.17. The Bertz CT molecular complexity index is 364. The summed E-state index contributed by atoms with van der Waals surface area (Å²) in [4.78, 5) is 0. The van der Waals surface area contributed by atoms with E-state index in [0.717, 1.165) is 19.5 Å². The van der Waals surface area contributed by atoms with Crippen LogP contribution in [-0.4, -0.2) is 20.2 Å². The van der Waals surface area contributed by atoms with Gasteiger partial charge >= 0.3 is 0 Å². The first-order chi connectivity index (χ1) is 7.24. The highest BCUT2D eigenvalue weighted by molar-refractivity contribution is 6.32. The maximum atomic E-state index is 13.7. The van der Waals surface area contributed by atoms with Gasteiger partial charge in [0, 0.05) is 18.0 Å². The van der Waals surface area contributed by atoms with Crippen molar-refractivity contribution in [1.82, 2.24) is 5.32 Å². The number of hydrogen-bond acceptors (Lipinski definition) is 2. The van der Waals surface area contributed by atoms with Crippen LogP contribution in [0.3, 0.4) is 0 Å². The third-order valence-electron chi connectivity index (χ3n) is 2.78. The largest absolute Gasteiger partial charge is 0.495 e. The van der Waals surface area contributed by atoms with Crippen LogP contribution in [0.4, 0.5) is 4.39 Å². The fourth-order valence-electron chi connectivity index (χ4n) is 1.98. The van der Waals surface area contributed by atoms with Gasteiger partial charge in [-0.2, -0.15) is 0 Å². The van der Waals surface area contributed by atoms with Crippen LogP contribution < -0.4 is 10.1 Å². The van der Waals surface area contributed by atoms with E-state index in [1.807, 2.05) is 0 Å². The lowest BCUT2D eigenvalue weighted by Crippen LogP contribution is -2.09. The van der Waals surface area contributed by atoms with Crippen LogP contribution in [0, 0.1) is 5.82 Å². The topological polar surface area (TPSA) is 21.3 Å². The standard InChI is InChI=1S/C11H13ClFNO/c1-15-9-3-2-8(13)10(11(9)12)7-4-5-14-6-7/h2-3,7,14H,4-6H2,1H3. The Balaban J connectivity index is 2.43. The molecule has 0 radical (unpaired) electrons. The summed E-state index contributed by atoms with van der Waals surface area (Å²) in [5, 5.41) is 3.61. The van der Waals surface area contributed by atoms with E-state index in [4.69, 9.17) is 16.3 Å². The van der Waals surface area contributed by atoms with Crippen molar-refractivity contribution in [2.75, 3.05) is 20.2 Å². The van der Waals surface area contributed by atoms with Crippen molar-refractivity contribution in [3.8, 4) is 5.75 Å². The molecule has 4 heteroatoms. The molecule has 0 aliphatic carbocycles. The van der Waals surface area contributed by atoms with Crippen molar-refractivity contribution in [1.29, 1.82) is 0 Å². The van der Waals surface area contributed by atoms with Crippen LogP contribution in [0.1, 0.15) is 17.9 Å². The molecule has 1 saturated heterocycles. The quantitative estimate of drug-likeness (QED) is 0.842. The van der Waals surface area contributed by atoms with Crippen LogP contribution in [-0.2, 0) is 0 Å². The SMILES string of the molecule is COc1ccc(F)c(C2CCNC2)c1Cl. The normalized spacial score (nSPS) is 20.6. The first-order valence-electron chi connectivity index (χ1n) is 4.96. The van der Waals surface area contributed by atoms with Gasteiger partial charge in [0.1, 0.15) is 11.6 Å². The summed E-state index contributed by atoms with van der Waals surface area (Å²) < 4.78 is 18.7. The van der Waals surface area contributed by atoms with Crippen molar-refractivity contribution in [3.05, 3.63) is 28.5 Å². The highest BCUT2D eigenvalue weighted by atomic mass is 35.5. The molecule has 2 nitrogen and oxygen atoms in total. The number of methoxy groups -OCH3 is 1.